The molecule has 88 valence electrons. The quantitative estimate of drug-likeness (QED) is 0.664. The summed E-state index contributed by atoms with van der Waals surface area (Å²) in [5.74, 6) is 0.0780. The number of ether oxygens (including phenoxy) is 1. The van der Waals surface area contributed by atoms with Gasteiger partial charge in [-0.2, -0.15) is 0 Å². The molecule has 0 aliphatic rings. The number of carbonyl (C=O) groups is 1. The first-order valence-electron chi connectivity index (χ1n) is 5.10. The second kappa shape index (κ2) is 7.59. The van der Waals surface area contributed by atoms with Crippen LogP contribution in [0, 0.1) is 0 Å². The van der Waals surface area contributed by atoms with Crippen molar-refractivity contribution in [3.63, 3.8) is 0 Å². The highest BCUT2D eigenvalue weighted by molar-refractivity contribution is 7.80. The van der Waals surface area contributed by atoms with Gasteiger partial charge in [0.2, 0.25) is 5.91 Å². The van der Waals surface area contributed by atoms with Crippen molar-refractivity contribution in [3.05, 3.63) is 0 Å². The van der Waals surface area contributed by atoms with Gasteiger partial charge in [-0.15, -0.1) is 0 Å². The summed E-state index contributed by atoms with van der Waals surface area (Å²) in [7, 11) is 1.64. The van der Waals surface area contributed by atoms with Gasteiger partial charge < -0.3 is 15.4 Å². The molecule has 2 N–H and O–H groups in total. The molecule has 0 heterocycles. The van der Waals surface area contributed by atoms with Crippen LogP contribution in [-0.4, -0.2) is 42.1 Å². The van der Waals surface area contributed by atoms with Crippen LogP contribution in [0.15, 0.2) is 0 Å². The summed E-state index contributed by atoms with van der Waals surface area (Å²) in [6.07, 6.45) is 1.31. The molecule has 0 spiro atoms. The molecule has 0 radical (unpaired) electrons. The predicted octanol–water partition coefficient (Wildman–Crippen LogP) is 0.936. The van der Waals surface area contributed by atoms with Crippen molar-refractivity contribution in [2.75, 3.05) is 20.2 Å². The van der Waals surface area contributed by atoms with E-state index in [0.29, 0.717) is 24.5 Å². The minimum absolute atomic E-state index is 0.0780. The number of methoxy groups -OCH3 is 1. The molecule has 0 aromatic rings. The van der Waals surface area contributed by atoms with Crippen molar-refractivity contribution in [1.82, 2.24) is 4.90 Å². The molecule has 0 fully saturated rings. The molecular formula is C10H20N2O2S. The largest absolute Gasteiger partial charge is 0.392 e. The van der Waals surface area contributed by atoms with Crippen molar-refractivity contribution in [1.29, 1.82) is 0 Å². The van der Waals surface area contributed by atoms with Crippen molar-refractivity contribution >= 4 is 23.1 Å². The number of thiocarbonyl (C=S) groups is 1. The monoisotopic (exact) mass is 232 g/mol. The van der Waals surface area contributed by atoms with Gasteiger partial charge in [0.15, 0.2) is 0 Å². The van der Waals surface area contributed by atoms with Crippen LogP contribution >= 0.6 is 12.2 Å². The molecule has 0 saturated heterocycles. The number of nitrogens with two attached hydrogens (primary N) is 1. The fourth-order valence-electron chi connectivity index (χ4n) is 1.17. The lowest BCUT2D eigenvalue weighted by molar-refractivity contribution is -0.130. The standard InChI is InChI=1S/C10H20N2O2S/c1-4-12(7-9(11)15)10(13)6-5-8(2)14-3/h8H,4-7H2,1-3H3,(H2,11,15). The number of nitrogens with zero attached hydrogens (tertiary/aromatic N) is 1. The topological polar surface area (TPSA) is 55.6 Å². The van der Waals surface area contributed by atoms with Crippen molar-refractivity contribution in [2.24, 2.45) is 5.73 Å². The SMILES string of the molecule is CCN(CC(N)=S)C(=O)CCC(C)OC. The first-order chi connectivity index (χ1) is 7.01. The Kier molecular flexibility index (Phi) is 7.25. The maximum Gasteiger partial charge on any atom is 0.223 e. The van der Waals surface area contributed by atoms with Gasteiger partial charge in [0, 0.05) is 20.1 Å². The molecule has 1 atom stereocenters. The van der Waals surface area contributed by atoms with E-state index in [1.54, 1.807) is 12.0 Å². The fourth-order valence-corrected chi connectivity index (χ4v) is 1.32. The van der Waals surface area contributed by atoms with E-state index in [-0.39, 0.29) is 12.0 Å². The first-order valence-corrected chi connectivity index (χ1v) is 5.50. The number of likely N-dealkylation sites (N-methyl/N-ethyl adjacent to an activating group) is 1. The summed E-state index contributed by atoms with van der Waals surface area (Å²) >= 11 is 4.78. The average Bonchev–Trinajstić information content (AvgIpc) is 2.21. The van der Waals surface area contributed by atoms with E-state index in [1.165, 1.54) is 0 Å². The third-order valence-electron chi connectivity index (χ3n) is 2.25. The van der Waals surface area contributed by atoms with Crippen LogP contribution in [0.1, 0.15) is 26.7 Å². The van der Waals surface area contributed by atoms with Crippen LogP contribution in [0.2, 0.25) is 0 Å². The molecule has 15 heavy (non-hydrogen) atoms. The van der Waals surface area contributed by atoms with Gasteiger partial charge in [-0.1, -0.05) is 12.2 Å². The summed E-state index contributed by atoms with van der Waals surface area (Å²) < 4.78 is 5.07. The zero-order valence-electron chi connectivity index (χ0n) is 9.66. The van der Waals surface area contributed by atoms with Gasteiger partial charge in [-0.25, -0.2) is 0 Å². The lowest BCUT2D eigenvalue weighted by atomic mass is 10.2. The number of hydrogen-bond acceptors (Lipinski definition) is 3. The molecule has 1 unspecified atom stereocenters. The zero-order valence-corrected chi connectivity index (χ0v) is 10.5. The minimum atomic E-state index is 0.0780. The van der Waals surface area contributed by atoms with Gasteiger partial charge in [0.25, 0.3) is 0 Å². The molecule has 0 saturated carbocycles. The third kappa shape index (κ3) is 6.41. The van der Waals surface area contributed by atoms with E-state index in [1.807, 2.05) is 13.8 Å². The molecular weight excluding hydrogens is 212 g/mol. The van der Waals surface area contributed by atoms with Crippen molar-refractivity contribution in [2.45, 2.75) is 32.8 Å². The Hall–Kier alpha value is -0.680. The van der Waals surface area contributed by atoms with E-state index in [2.05, 4.69) is 0 Å². The van der Waals surface area contributed by atoms with Gasteiger partial charge >= 0.3 is 0 Å². The van der Waals surface area contributed by atoms with Crippen LogP contribution < -0.4 is 5.73 Å². The Bertz CT molecular complexity index is 221. The maximum atomic E-state index is 11.7. The smallest absolute Gasteiger partial charge is 0.223 e. The molecule has 0 bridgehead atoms. The summed E-state index contributed by atoms with van der Waals surface area (Å²) in [4.78, 5) is 13.7. The summed E-state index contributed by atoms with van der Waals surface area (Å²) in [5, 5.41) is 0. The number of amides is 1. The summed E-state index contributed by atoms with van der Waals surface area (Å²) in [5.41, 5.74) is 5.40. The Balaban J connectivity index is 3.99. The zero-order chi connectivity index (χ0) is 11.8. The third-order valence-corrected chi connectivity index (χ3v) is 2.38. The summed E-state index contributed by atoms with van der Waals surface area (Å²) in [6, 6.07) is 0. The van der Waals surface area contributed by atoms with Crippen molar-refractivity contribution < 1.29 is 9.53 Å². The lowest BCUT2D eigenvalue weighted by Crippen LogP contribution is -2.37. The molecule has 4 nitrogen and oxygen atoms in total. The molecule has 0 aromatic heterocycles. The van der Waals surface area contributed by atoms with Crippen LogP contribution in [-0.2, 0) is 9.53 Å². The maximum absolute atomic E-state index is 11.7. The Morgan fingerprint density at radius 2 is 2.20 bits per heavy atom. The first kappa shape index (κ1) is 14.3. The molecule has 0 aromatic carbocycles. The minimum Gasteiger partial charge on any atom is -0.392 e. The van der Waals surface area contributed by atoms with E-state index >= 15 is 0 Å². The number of rotatable bonds is 7. The lowest BCUT2D eigenvalue weighted by Gasteiger charge is -2.20. The fraction of sp³-hybridized carbons (Fsp3) is 0.800. The second-order valence-corrected chi connectivity index (χ2v) is 3.98. The normalized spacial score (nSPS) is 12.2. The van der Waals surface area contributed by atoms with Crippen LogP contribution in [0.25, 0.3) is 0 Å². The van der Waals surface area contributed by atoms with Gasteiger partial charge in [0.05, 0.1) is 17.6 Å². The molecule has 0 aliphatic heterocycles. The van der Waals surface area contributed by atoms with Crippen LogP contribution in [0.5, 0.6) is 0 Å². The molecule has 5 heteroatoms. The highest BCUT2D eigenvalue weighted by Gasteiger charge is 2.13. The van der Waals surface area contributed by atoms with E-state index in [9.17, 15) is 4.79 Å². The molecule has 1 amide bonds. The average molecular weight is 232 g/mol. The van der Waals surface area contributed by atoms with E-state index < -0.39 is 0 Å². The van der Waals surface area contributed by atoms with Crippen LogP contribution in [0.3, 0.4) is 0 Å². The second-order valence-electron chi connectivity index (χ2n) is 3.46. The Morgan fingerprint density at radius 1 is 1.60 bits per heavy atom. The van der Waals surface area contributed by atoms with Gasteiger partial charge in [-0.05, 0) is 20.3 Å². The molecule has 0 rings (SSSR count). The molecule has 0 aliphatic carbocycles. The Labute approximate surface area is 96.8 Å². The van der Waals surface area contributed by atoms with Gasteiger partial charge in [-0.3, -0.25) is 4.79 Å². The highest BCUT2D eigenvalue weighted by atomic mass is 32.1. The highest BCUT2D eigenvalue weighted by Crippen LogP contribution is 2.03. The number of carbonyl (C=O) groups excluding carboxylic acids is 1. The Morgan fingerprint density at radius 3 is 2.60 bits per heavy atom. The predicted molar refractivity (Wildman–Crippen MR) is 64.7 cm³/mol. The summed E-state index contributed by atoms with van der Waals surface area (Å²) in [6.45, 7) is 4.86. The van der Waals surface area contributed by atoms with E-state index in [0.717, 1.165) is 6.42 Å². The van der Waals surface area contributed by atoms with E-state index in [4.69, 9.17) is 22.7 Å². The van der Waals surface area contributed by atoms with Crippen molar-refractivity contribution in [3.8, 4) is 0 Å². The van der Waals surface area contributed by atoms with Gasteiger partial charge in [0.1, 0.15) is 0 Å². The van der Waals surface area contributed by atoms with Crippen LogP contribution in [0.4, 0.5) is 0 Å². The number of hydrogen-bond donors (Lipinski definition) is 1.